The summed E-state index contributed by atoms with van der Waals surface area (Å²) >= 11 is 6.56. The summed E-state index contributed by atoms with van der Waals surface area (Å²) in [5.74, 6) is -6.20. The highest BCUT2D eigenvalue weighted by Gasteiger charge is 2.56. The number of cyclic esters (lactones) is 1. The van der Waals surface area contributed by atoms with Crippen LogP contribution in [0.15, 0.2) is 23.3 Å². The average Bonchev–Trinajstić information content (AvgIpc) is 3.18. The molecule has 0 aromatic heterocycles. The number of hydrogen-bond donors (Lipinski definition) is 1. The van der Waals surface area contributed by atoms with Gasteiger partial charge in [0.05, 0.1) is 23.7 Å². The molecule has 2 bridgehead atoms. The number of allylic oxidation sites excluding steroid dienone is 3. The van der Waals surface area contributed by atoms with E-state index in [1.807, 2.05) is 34.6 Å². The van der Waals surface area contributed by atoms with Gasteiger partial charge in [0.2, 0.25) is 5.79 Å². The number of methoxy groups -OCH3 is 3. The van der Waals surface area contributed by atoms with Crippen LogP contribution < -0.4 is 0 Å². The molecule has 0 aromatic carbocycles. The molecule has 1 unspecified atom stereocenters. The molecule has 4 aliphatic rings. The van der Waals surface area contributed by atoms with Gasteiger partial charge in [0, 0.05) is 52.0 Å². The van der Waals surface area contributed by atoms with Gasteiger partial charge >= 0.3 is 5.97 Å². The molecular weight excluding hydrogens is 738 g/mol. The SMILES string of the molecule is CCC1/C=C(\C)C[C@H](C)C[C@H](OC)[C@H]2O[C@@](O)(C(=O)C(=O)N3CCCC[C@H]3C(=O)O[C@H](/C(C)=C/[C@@H]3CC[C@H](Cl)[C@H](OC)C3)[C@H](C)[C@@H](C)CC1=O)[C@H](C)C[C@@H]2OC. The third-order valence-corrected chi connectivity index (χ3v) is 13.7. The van der Waals surface area contributed by atoms with Gasteiger partial charge in [-0.3, -0.25) is 14.4 Å². The predicted octanol–water partition coefficient (Wildman–Crippen LogP) is 6.99. The van der Waals surface area contributed by atoms with E-state index >= 15 is 0 Å². The average molecular weight is 808 g/mol. The Balaban J connectivity index is 1.76. The number of ether oxygens (including phenoxy) is 5. The number of amides is 1. The van der Waals surface area contributed by atoms with Crippen LogP contribution in [0.25, 0.3) is 0 Å². The van der Waals surface area contributed by atoms with E-state index in [-0.39, 0.29) is 59.8 Å². The fourth-order valence-electron chi connectivity index (χ4n) is 9.57. The number of ketones is 2. The van der Waals surface area contributed by atoms with E-state index in [4.69, 9.17) is 35.3 Å². The van der Waals surface area contributed by atoms with Crippen molar-refractivity contribution in [3.8, 4) is 0 Å². The Morgan fingerprint density at radius 1 is 0.946 bits per heavy atom. The van der Waals surface area contributed by atoms with Gasteiger partial charge in [-0.2, -0.15) is 0 Å². The van der Waals surface area contributed by atoms with Crippen LogP contribution in [0.1, 0.15) is 119 Å². The molecule has 318 valence electrons. The van der Waals surface area contributed by atoms with Crippen molar-refractivity contribution in [3.05, 3.63) is 23.3 Å². The summed E-state index contributed by atoms with van der Waals surface area (Å²) in [5, 5.41) is 12.0. The molecule has 11 nitrogen and oxygen atoms in total. The van der Waals surface area contributed by atoms with Gasteiger partial charge in [-0.15, -0.1) is 11.6 Å². The molecule has 3 fully saturated rings. The number of nitrogens with zero attached hydrogens (tertiary/aromatic N) is 1. The first kappa shape index (κ1) is 46.5. The largest absolute Gasteiger partial charge is 0.456 e. The first-order valence-corrected chi connectivity index (χ1v) is 21.5. The molecule has 0 radical (unpaired) electrons. The van der Waals surface area contributed by atoms with E-state index < -0.39 is 59.8 Å². The van der Waals surface area contributed by atoms with Crippen molar-refractivity contribution < 1.29 is 48.0 Å². The highest BCUT2D eigenvalue weighted by molar-refractivity contribution is 6.39. The lowest BCUT2D eigenvalue weighted by atomic mass is 9.79. The molecule has 1 saturated carbocycles. The standard InChI is InChI=1S/C44H70ClNO10/c1-11-32-19-25(2)18-26(3)20-37(53-9)40-38(54-10)23-29(6)44(51,56-40)41(48)42(49)46-17-13-12-14-34(46)43(50)55-39(30(7)27(4)22-35(32)47)28(5)21-31-15-16-33(45)36(24-31)52-8/h19,21,26-27,29-34,36-40,51H,11-18,20,22-24H2,1-10H3/b25-19+,28-21+/t26-,27-,29+,30+,31-,32?,33-,34-,36+,37-,38-,39+,40+,44+/m0/s1. The highest BCUT2D eigenvalue weighted by atomic mass is 35.5. The number of esters is 1. The van der Waals surface area contributed by atoms with Gasteiger partial charge in [0.15, 0.2) is 0 Å². The zero-order valence-electron chi connectivity index (χ0n) is 35.6. The Labute approximate surface area is 340 Å². The fourth-order valence-corrected chi connectivity index (χ4v) is 9.90. The number of Topliss-reactive ketones (excluding diaryl/α,β-unsaturated/α-hetero) is 2. The number of aliphatic hydroxyl groups is 1. The number of alkyl halides is 1. The fraction of sp³-hybridized carbons (Fsp3) is 0.818. The molecule has 4 rings (SSSR count). The smallest absolute Gasteiger partial charge is 0.329 e. The van der Waals surface area contributed by atoms with Crippen molar-refractivity contribution >= 4 is 35.0 Å². The van der Waals surface area contributed by atoms with Crippen molar-refractivity contribution in [1.82, 2.24) is 4.90 Å². The zero-order valence-corrected chi connectivity index (χ0v) is 36.3. The molecule has 12 heteroatoms. The molecule has 0 aromatic rings. The summed E-state index contributed by atoms with van der Waals surface area (Å²) in [6.07, 6.45) is 7.92. The summed E-state index contributed by atoms with van der Waals surface area (Å²) in [4.78, 5) is 58.1. The lowest BCUT2D eigenvalue weighted by Crippen LogP contribution is -2.64. The maximum Gasteiger partial charge on any atom is 0.329 e. The minimum absolute atomic E-state index is 0.0689. The topological polar surface area (TPSA) is 138 Å². The van der Waals surface area contributed by atoms with Gasteiger partial charge in [-0.05, 0) is 101 Å². The monoisotopic (exact) mass is 807 g/mol. The van der Waals surface area contributed by atoms with Gasteiger partial charge in [0.1, 0.15) is 24.0 Å². The molecule has 1 aliphatic carbocycles. The van der Waals surface area contributed by atoms with Crippen LogP contribution in [0.4, 0.5) is 0 Å². The molecule has 56 heavy (non-hydrogen) atoms. The van der Waals surface area contributed by atoms with Crippen molar-refractivity contribution in [2.24, 2.45) is 35.5 Å². The second kappa shape index (κ2) is 20.7. The predicted molar refractivity (Wildman–Crippen MR) is 215 cm³/mol. The van der Waals surface area contributed by atoms with E-state index in [9.17, 15) is 24.3 Å². The molecule has 1 amide bonds. The van der Waals surface area contributed by atoms with Gasteiger partial charge in [0.25, 0.3) is 11.7 Å². The Morgan fingerprint density at radius 2 is 1.61 bits per heavy atom. The first-order valence-electron chi connectivity index (χ1n) is 21.1. The molecule has 1 N–H and O–H groups in total. The number of carbonyl (C=O) groups is 4. The third-order valence-electron chi connectivity index (χ3n) is 13.3. The Morgan fingerprint density at radius 3 is 2.25 bits per heavy atom. The second-order valence-electron chi connectivity index (χ2n) is 17.5. The lowest BCUT2D eigenvalue weighted by Gasteiger charge is -2.47. The van der Waals surface area contributed by atoms with Crippen LogP contribution >= 0.6 is 11.6 Å². The first-order chi connectivity index (χ1) is 26.5. The van der Waals surface area contributed by atoms with Crippen LogP contribution in [0.2, 0.25) is 0 Å². The van der Waals surface area contributed by atoms with E-state index in [1.54, 1.807) is 28.3 Å². The van der Waals surface area contributed by atoms with E-state index in [2.05, 4.69) is 19.1 Å². The summed E-state index contributed by atoms with van der Waals surface area (Å²) in [7, 11) is 4.79. The summed E-state index contributed by atoms with van der Waals surface area (Å²) < 4.78 is 30.2. The maximum atomic E-state index is 14.4. The van der Waals surface area contributed by atoms with Crippen molar-refractivity contribution in [2.75, 3.05) is 27.9 Å². The van der Waals surface area contributed by atoms with E-state index in [0.717, 1.165) is 30.4 Å². The minimum atomic E-state index is -2.46. The zero-order chi connectivity index (χ0) is 41.5. The molecule has 0 spiro atoms. The number of carbonyl (C=O) groups excluding carboxylic acids is 4. The Kier molecular flexibility index (Phi) is 17.2. The number of rotatable bonds is 6. The lowest BCUT2D eigenvalue weighted by molar-refractivity contribution is -0.302. The van der Waals surface area contributed by atoms with Gasteiger partial charge in [-0.1, -0.05) is 52.3 Å². The molecule has 3 heterocycles. The molecule has 3 aliphatic heterocycles. The van der Waals surface area contributed by atoms with Gasteiger partial charge in [-0.25, -0.2) is 4.79 Å². The number of fused-ring (bicyclic) bond motifs is 3. The van der Waals surface area contributed by atoms with E-state index in [0.29, 0.717) is 44.9 Å². The second-order valence-corrected chi connectivity index (χ2v) is 18.1. The molecular formula is C44H70ClNO10. The number of halogens is 1. The van der Waals surface area contributed by atoms with Crippen molar-refractivity contribution in [1.29, 1.82) is 0 Å². The third kappa shape index (κ3) is 10.9. The normalized spacial score (nSPS) is 41.6. The molecule has 14 atom stereocenters. The quantitative estimate of drug-likeness (QED) is 0.129. The highest BCUT2D eigenvalue weighted by Crippen LogP contribution is 2.39. The van der Waals surface area contributed by atoms with Crippen LogP contribution in [-0.2, 0) is 42.9 Å². The maximum absolute atomic E-state index is 14.4. The van der Waals surface area contributed by atoms with Crippen LogP contribution in [0.3, 0.4) is 0 Å². The van der Waals surface area contributed by atoms with Crippen molar-refractivity contribution in [2.45, 2.75) is 167 Å². The summed E-state index contributed by atoms with van der Waals surface area (Å²) in [6, 6.07) is -1.03. The van der Waals surface area contributed by atoms with E-state index in [1.165, 1.54) is 4.90 Å². The Hall–Kier alpha value is -2.15. The minimum Gasteiger partial charge on any atom is -0.456 e. The van der Waals surface area contributed by atoms with Crippen molar-refractivity contribution in [3.63, 3.8) is 0 Å². The summed E-state index contributed by atoms with van der Waals surface area (Å²) in [6.45, 7) is 14.0. The van der Waals surface area contributed by atoms with Crippen LogP contribution in [-0.4, -0.2) is 109 Å². The van der Waals surface area contributed by atoms with Crippen LogP contribution in [0, 0.1) is 35.5 Å². The number of hydrogen-bond acceptors (Lipinski definition) is 10. The number of piperidine rings is 1. The van der Waals surface area contributed by atoms with Gasteiger partial charge < -0.3 is 33.7 Å². The van der Waals surface area contributed by atoms with Crippen LogP contribution in [0.5, 0.6) is 0 Å². The Bertz CT molecular complexity index is 1430. The summed E-state index contributed by atoms with van der Waals surface area (Å²) in [5.41, 5.74) is 1.95. The molecule has 2 saturated heterocycles.